The number of nitrogens with zero attached hydrogens (tertiary/aromatic N) is 4. The lowest BCUT2D eigenvalue weighted by Gasteiger charge is -2.27. The third kappa shape index (κ3) is 3.36. The first-order chi connectivity index (χ1) is 13.2. The van der Waals surface area contributed by atoms with Crippen molar-refractivity contribution >= 4 is 11.6 Å². The second-order valence-corrected chi connectivity index (χ2v) is 6.77. The van der Waals surface area contributed by atoms with Crippen molar-refractivity contribution < 1.29 is 9.26 Å². The SMILES string of the molecule is CC(C)Oc1ccc(-c2nc(N3CCCc4ccccc43)no2)c(C#N)c1. The molecule has 0 aliphatic carbocycles. The lowest BCUT2D eigenvalue weighted by molar-refractivity contribution is 0.242. The van der Waals surface area contributed by atoms with E-state index in [4.69, 9.17) is 9.26 Å². The average Bonchev–Trinajstić information content (AvgIpc) is 3.16. The highest BCUT2D eigenvalue weighted by molar-refractivity contribution is 5.68. The van der Waals surface area contributed by atoms with Crippen molar-refractivity contribution in [3.63, 3.8) is 0 Å². The molecule has 136 valence electrons. The van der Waals surface area contributed by atoms with Crippen LogP contribution < -0.4 is 9.64 Å². The Kier molecular flexibility index (Phi) is 4.51. The summed E-state index contributed by atoms with van der Waals surface area (Å²) in [6.45, 7) is 4.73. The molecule has 1 aliphatic heterocycles. The topological polar surface area (TPSA) is 75.2 Å². The predicted molar refractivity (Wildman–Crippen MR) is 102 cm³/mol. The van der Waals surface area contributed by atoms with Crippen LogP contribution in [0.25, 0.3) is 11.5 Å². The van der Waals surface area contributed by atoms with Gasteiger partial charge in [-0.25, -0.2) is 0 Å². The first kappa shape index (κ1) is 17.1. The van der Waals surface area contributed by atoms with Crippen LogP contribution in [-0.2, 0) is 6.42 Å². The fraction of sp³-hybridized carbons (Fsp3) is 0.286. The highest BCUT2D eigenvalue weighted by atomic mass is 16.5. The summed E-state index contributed by atoms with van der Waals surface area (Å²) in [4.78, 5) is 6.62. The van der Waals surface area contributed by atoms with Crippen molar-refractivity contribution in [2.24, 2.45) is 0 Å². The number of hydrogen-bond donors (Lipinski definition) is 0. The molecule has 0 unspecified atom stereocenters. The maximum atomic E-state index is 9.52. The molecule has 0 N–H and O–H groups in total. The second-order valence-electron chi connectivity index (χ2n) is 6.77. The van der Waals surface area contributed by atoms with Crippen LogP contribution in [0.5, 0.6) is 5.75 Å². The van der Waals surface area contributed by atoms with Crippen molar-refractivity contribution in [2.75, 3.05) is 11.4 Å². The Balaban J connectivity index is 1.67. The van der Waals surface area contributed by atoms with Gasteiger partial charge in [-0.1, -0.05) is 18.2 Å². The van der Waals surface area contributed by atoms with E-state index in [0.29, 0.717) is 28.7 Å². The minimum absolute atomic E-state index is 0.0385. The number of ether oxygens (including phenoxy) is 1. The molecule has 0 bridgehead atoms. The smallest absolute Gasteiger partial charge is 0.270 e. The zero-order valence-electron chi connectivity index (χ0n) is 15.3. The normalized spacial score (nSPS) is 13.3. The van der Waals surface area contributed by atoms with Crippen molar-refractivity contribution in [3.05, 3.63) is 53.6 Å². The van der Waals surface area contributed by atoms with Gasteiger partial charge in [-0.3, -0.25) is 0 Å². The fourth-order valence-electron chi connectivity index (χ4n) is 3.32. The molecule has 27 heavy (non-hydrogen) atoms. The van der Waals surface area contributed by atoms with Crippen LogP contribution >= 0.6 is 0 Å². The molecule has 6 heteroatoms. The summed E-state index contributed by atoms with van der Waals surface area (Å²) >= 11 is 0. The Morgan fingerprint density at radius 1 is 1.22 bits per heavy atom. The van der Waals surface area contributed by atoms with Gasteiger partial charge < -0.3 is 14.2 Å². The number of anilines is 2. The number of fused-ring (bicyclic) bond motifs is 1. The molecule has 0 atom stereocenters. The van der Waals surface area contributed by atoms with Crippen LogP contribution in [0.15, 0.2) is 47.0 Å². The van der Waals surface area contributed by atoms with E-state index in [1.54, 1.807) is 12.1 Å². The Labute approximate surface area is 158 Å². The molecule has 2 heterocycles. The first-order valence-electron chi connectivity index (χ1n) is 9.06. The highest BCUT2D eigenvalue weighted by Gasteiger charge is 2.23. The molecule has 2 aromatic carbocycles. The van der Waals surface area contributed by atoms with Gasteiger partial charge in [-0.05, 0) is 61.7 Å². The van der Waals surface area contributed by atoms with E-state index in [0.717, 1.165) is 25.1 Å². The number of rotatable bonds is 4. The Morgan fingerprint density at radius 3 is 2.89 bits per heavy atom. The van der Waals surface area contributed by atoms with Gasteiger partial charge in [0.05, 0.1) is 17.2 Å². The zero-order chi connectivity index (χ0) is 18.8. The maximum Gasteiger partial charge on any atom is 0.270 e. The molecule has 0 saturated heterocycles. The molecular formula is C21H20N4O2. The highest BCUT2D eigenvalue weighted by Crippen LogP contribution is 2.33. The molecule has 0 radical (unpaired) electrons. The molecule has 0 fully saturated rings. The molecule has 1 aromatic heterocycles. The van der Waals surface area contributed by atoms with Gasteiger partial charge in [0.15, 0.2) is 0 Å². The number of nitriles is 1. The lowest BCUT2D eigenvalue weighted by Crippen LogP contribution is -2.25. The fourth-order valence-corrected chi connectivity index (χ4v) is 3.32. The van der Waals surface area contributed by atoms with E-state index in [-0.39, 0.29) is 6.10 Å². The summed E-state index contributed by atoms with van der Waals surface area (Å²) in [5.41, 5.74) is 3.44. The summed E-state index contributed by atoms with van der Waals surface area (Å²) in [7, 11) is 0. The van der Waals surface area contributed by atoms with Crippen LogP contribution in [0, 0.1) is 11.3 Å². The molecule has 0 amide bonds. The molecule has 0 saturated carbocycles. The van der Waals surface area contributed by atoms with Crippen molar-refractivity contribution in [2.45, 2.75) is 32.8 Å². The van der Waals surface area contributed by atoms with Crippen LogP contribution in [0.1, 0.15) is 31.4 Å². The summed E-state index contributed by atoms with van der Waals surface area (Å²) < 4.78 is 11.1. The quantitative estimate of drug-likeness (QED) is 0.683. The standard InChI is InChI=1S/C21H20N4O2/c1-14(2)26-17-9-10-18(16(12-17)13-22)20-23-21(24-27-20)25-11-5-7-15-6-3-4-8-19(15)25/h3-4,6,8-10,12,14H,5,7,11H2,1-2H3. The molecule has 6 nitrogen and oxygen atoms in total. The van der Waals surface area contributed by atoms with Gasteiger partial charge in [0, 0.05) is 12.2 Å². The predicted octanol–water partition coefficient (Wildman–Crippen LogP) is 4.48. The monoisotopic (exact) mass is 360 g/mol. The summed E-state index contributed by atoms with van der Waals surface area (Å²) in [5.74, 6) is 1.50. The van der Waals surface area contributed by atoms with Crippen LogP contribution in [0.4, 0.5) is 11.6 Å². The molecule has 0 spiro atoms. The summed E-state index contributed by atoms with van der Waals surface area (Å²) in [5, 5.41) is 13.7. The van der Waals surface area contributed by atoms with E-state index < -0.39 is 0 Å². The Hall–Kier alpha value is -3.33. The van der Waals surface area contributed by atoms with E-state index in [1.807, 2.05) is 32.0 Å². The van der Waals surface area contributed by atoms with Gasteiger partial charge >= 0.3 is 0 Å². The van der Waals surface area contributed by atoms with Crippen LogP contribution in [0.3, 0.4) is 0 Å². The lowest BCUT2D eigenvalue weighted by atomic mass is 10.0. The van der Waals surface area contributed by atoms with Crippen LogP contribution in [0.2, 0.25) is 0 Å². The third-order valence-electron chi connectivity index (χ3n) is 4.48. The van der Waals surface area contributed by atoms with Gasteiger partial charge in [0.2, 0.25) is 0 Å². The van der Waals surface area contributed by atoms with E-state index in [2.05, 4.69) is 33.2 Å². The van der Waals surface area contributed by atoms with E-state index in [1.165, 1.54) is 5.56 Å². The average molecular weight is 360 g/mol. The number of hydrogen-bond acceptors (Lipinski definition) is 6. The van der Waals surface area contributed by atoms with E-state index in [9.17, 15) is 5.26 Å². The minimum atomic E-state index is 0.0385. The number of aryl methyl sites for hydroxylation is 1. The second kappa shape index (κ2) is 7.12. The summed E-state index contributed by atoms with van der Waals surface area (Å²) in [6, 6.07) is 15.8. The summed E-state index contributed by atoms with van der Waals surface area (Å²) in [6.07, 6.45) is 2.12. The number of benzene rings is 2. The Morgan fingerprint density at radius 2 is 2.07 bits per heavy atom. The number of aromatic nitrogens is 2. The Bertz CT molecular complexity index is 1000. The minimum Gasteiger partial charge on any atom is -0.491 e. The maximum absolute atomic E-state index is 9.52. The third-order valence-corrected chi connectivity index (χ3v) is 4.48. The number of para-hydroxylation sites is 1. The zero-order valence-corrected chi connectivity index (χ0v) is 15.3. The molecule has 3 aromatic rings. The van der Waals surface area contributed by atoms with Gasteiger partial charge in [0.1, 0.15) is 11.8 Å². The first-order valence-corrected chi connectivity index (χ1v) is 9.06. The van der Waals surface area contributed by atoms with Gasteiger partial charge in [-0.2, -0.15) is 10.2 Å². The van der Waals surface area contributed by atoms with Gasteiger partial charge in [0.25, 0.3) is 11.8 Å². The van der Waals surface area contributed by atoms with Crippen molar-refractivity contribution in [1.82, 2.24) is 10.1 Å². The van der Waals surface area contributed by atoms with E-state index >= 15 is 0 Å². The largest absolute Gasteiger partial charge is 0.491 e. The van der Waals surface area contributed by atoms with Gasteiger partial charge in [-0.15, -0.1) is 0 Å². The molecular weight excluding hydrogens is 340 g/mol. The van der Waals surface area contributed by atoms with Crippen molar-refractivity contribution in [3.8, 4) is 23.3 Å². The van der Waals surface area contributed by atoms with Crippen molar-refractivity contribution in [1.29, 1.82) is 5.26 Å². The van der Waals surface area contributed by atoms with Crippen LogP contribution in [-0.4, -0.2) is 22.8 Å². The molecule has 1 aliphatic rings. The molecule has 4 rings (SSSR count).